The summed E-state index contributed by atoms with van der Waals surface area (Å²) in [5, 5.41) is 59.5. The minimum absolute atomic E-state index is 0.0317. The molecule has 19 heteroatoms. The topological polar surface area (TPSA) is 261 Å². The number of carbonyl (C=O) groups is 2. The number of aliphatic hydroxyl groups is 5. The Labute approximate surface area is 410 Å². The molecule has 2 heterocycles. The van der Waals surface area contributed by atoms with Gasteiger partial charge in [0.1, 0.15) is 6.10 Å². The van der Waals surface area contributed by atoms with Crippen molar-refractivity contribution in [3.8, 4) is 11.5 Å². The summed E-state index contributed by atoms with van der Waals surface area (Å²) in [4.78, 5) is 25.2. The standard InChI is InChI=1S/C31H50N4O9S.C18H29NO3.CH4O/c1-20(2)15-23-18-35(34-33-23)30(5,6)12-14-42-31(7,8)11-13-32-28(38)22-9-10-26(27(16-22)44-45(39,40)21(3)4)43-29-25(37)17-24(36)19-41-29;1-13(2)5-10-16(21)14-6-8-15(9-7-14)17(22)19-18(3,4)11-12-20;1-2/h9-10,16,18,20-21,24-25,29,36-37H,11-15,17,19H2,1-8H3,(H,32,38);6-9,13,16,20-21H,5,10-12H2,1-4H3,(H,19,22);2H,1H3/t24-,25?,29+;;/m1../s1. The first-order valence-corrected chi connectivity index (χ1v) is 25.3. The van der Waals surface area contributed by atoms with E-state index in [-0.39, 0.29) is 48.1 Å². The minimum atomic E-state index is -4.04. The fourth-order valence-corrected chi connectivity index (χ4v) is 7.30. The third kappa shape index (κ3) is 21.4. The van der Waals surface area contributed by atoms with Crippen molar-refractivity contribution in [1.82, 2.24) is 25.6 Å². The highest BCUT2D eigenvalue weighted by molar-refractivity contribution is 7.87. The predicted molar refractivity (Wildman–Crippen MR) is 264 cm³/mol. The first-order valence-electron chi connectivity index (χ1n) is 23.8. The lowest BCUT2D eigenvalue weighted by Crippen LogP contribution is -2.44. The molecule has 4 rings (SSSR count). The predicted octanol–water partition coefficient (Wildman–Crippen LogP) is 5.84. The van der Waals surface area contributed by atoms with Crippen molar-refractivity contribution in [2.24, 2.45) is 11.8 Å². The van der Waals surface area contributed by atoms with Crippen LogP contribution >= 0.6 is 0 Å². The van der Waals surface area contributed by atoms with Crippen molar-refractivity contribution >= 4 is 21.9 Å². The average molecular weight is 994 g/mol. The summed E-state index contributed by atoms with van der Waals surface area (Å²) in [7, 11) is -3.04. The van der Waals surface area contributed by atoms with Gasteiger partial charge in [0.05, 0.1) is 40.9 Å². The molecule has 69 heavy (non-hydrogen) atoms. The summed E-state index contributed by atoms with van der Waals surface area (Å²) in [6, 6.07) is 11.2. The second-order valence-electron chi connectivity index (χ2n) is 20.4. The summed E-state index contributed by atoms with van der Waals surface area (Å²) in [6.07, 6.45) is 2.73. The molecule has 18 nitrogen and oxygen atoms in total. The number of nitrogens with zero attached hydrogens (tertiary/aromatic N) is 3. The maximum atomic E-state index is 13.0. The molecule has 0 bridgehead atoms. The zero-order chi connectivity index (χ0) is 52.3. The fraction of sp³-hybridized carbons (Fsp3) is 0.680. The molecule has 1 aliphatic heterocycles. The van der Waals surface area contributed by atoms with Gasteiger partial charge in [-0.2, -0.15) is 8.42 Å². The van der Waals surface area contributed by atoms with Crippen LogP contribution in [0.1, 0.15) is 160 Å². The summed E-state index contributed by atoms with van der Waals surface area (Å²) in [5.41, 5.74) is 1.27. The second kappa shape index (κ2) is 28.0. The van der Waals surface area contributed by atoms with Gasteiger partial charge in [-0.25, -0.2) is 4.68 Å². The van der Waals surface area contributed by atoms with Gasteiger partial charge in [0.2, 0.25) is 6.29 Å². The van der Waals surface area contributed by atoms with E-state index in [1.165, 1.54) is 32.0 Å². The van der Waals surface area contributed by atoms with Crippen LogP contribution in [-0.4, -0.2) is 129 Å². The summed E-state index contributed by atoms with van der Waals surface area (Å²) in [6.45, 7) is 24.1. The monoisotopic (exact) mass is 994 g/mol. The van der Waals surface area contributed by atoms with Crippen LogP contribution in [0, 0.1) is 11.8 Å². The van der Waals surface area contributed by atoms with E-state index in [1.54, 1.807) is 24.3 Å². The number of aliphatic hydroxyl groups excluding tert-OH is 5. The number of amides is 2. The number of hydrogen-bond acceptors (Lipinski definition) is 15. The lowest BCUT2D eigenvalue weighted by Gasteiger charge is -2.31. The SMILES string of the molecule is CC(C)CCC(O)c1ccc(C(=O)NC(C)(C)CCO)cc1.CC(C)Cc1cn(C(C)(C)CCOC(C)(C)CCNC(=O)c2ccc(O[C@@H]3OC[C@H](O)CC3O)c(OS(=O)(=O)C(C)C)c2)nn1.CO. The number of hydrogen-bond donors (Lipinski definition) is 7. The summed E-state index contributed by atoms with van der Waals surface area (Å²) >= 11 is 0. The number of nitrogens with one attached hydrogen (secondary N) is 2. The van der Waals surface area contributed by atoms with Gasteiger partial charge in [-0.05, 0) is 142 Å². The van der Waals surface area contributed by atoms with E-state index in [9.17, 15) is 33.3 Å². The lowest BCUT2D eigenvalue weighted by molar-refractivity contribution is -0.199. The van der Waals surface area contributed by atoms with Crippen LogP contribution in [0.5, 0.6) is 11.5 Å². The number of ether oxygens (including phenoxy) is 3. The zero-order valence-electron chi connectivity index (χ0n) is 43.2. The molecule has 2 aromatic carbocycles. The van der Waals surface area contributed by atoms with E-state index >= 15 is 0 Å². The van der Waals surface area contributed by atoms with Crippen LogP contribution in [0.2, 0.25) is 0 Å². The Bertz CT molecular complexity index is 2110. The first kappa shape index (κ1) is 60.9. The Morgan fingerprint density at radius 3 is 2.09 bits per heavy atom. The van der Waals surface area contributed by atoms with E-state index < -0.39 is 57.0 Å². The largest absolute Gasteiger partial charge is 0.458 e. The van der Waals surface area contributed by atoms with Gasteiger partial charge in [0.25, 0.3) is 11.8 Å². The molecule has 1 aromatic heterocycles. The molecule has 2 unspecified atom stereocenters. The molecule has 3 aromatic rings. The summed E-state index contributed by atoms with van der Waals surface area (Å²) < 4.78 is 49.6. The van der Waals surface area contributed by atoms with Gasteiger partial charge < -0.3 is 54.6 Å². The maximum Gasteiger partial charge on any atom is 0.311 e. The highest BCUT2D eigenvalue weighted by Crippen LogP contribution is 2.33. The Morgan fingerprint density at radius 1 is 0.870 bits per heavy atom. The molecule has 4 atom stereocenters. The molecule has 392 valence electrons. The number of rotatable bonds is 24. The van der Waals surface area contributed by atoms with Crippen molar-refractivity contribution in [1.29, 1.82) is 0 Å². The molecule has 0 radical (unpaired) electrons. The van der Waals surface area contributed by atoms with Crippen molar-refractivity contribution in [3.63, 3.8) is 0 Å². The van der Waals surface area contributed by atoms with Gasteiger partial charge in [0, 0.05) is 56.2 Å². The normalized spacial score (nSPS) is 17.1. The Kier molecular flexibility index (Phi) is 24.7. The molecule has 0 saturated carbocycles. The molecule has 0 spiro atoms. The number of aromatic nitrogens is 3. The van der Waals surface area contributed by atoms with E-state index in [0.717, 1.165) is 37.6 Å². The molecule has 2 amide bonds. The molecular formula is C50H83N5O13S. The molecule has 0 aliphatic carbocycles. The van der Waals surface area contributed by atoms with Crippen molar-refractivity contribution < 1.29 is 61.9 Å². The Balaban J connectivity index is 0.000000570. The average Bonchev–Trinajstić information content (AvgIpc) is 3.73. The van der Waals surface area contributed by atoms with Crippen LogP contribution in [0.15, 0.2) is 48.7 Å². The molecule has 1 fully saturated rings. The Hall–Kier alpha value is -4.21. The quantitative estimate of drug-likeness (QED) is 0.0521. The smallest absolute Gasteiger partial charge is 0.311 e. The van der Waals surface area contributed by atoms with Crippen LogP contribution < -0.4 is 19.6 Å². The van der Waals surface area contributed by atoms with Crippen LogP contribution in [0.25, 0.3) is 0 Å². The highest BCUT2D eigenvalue weighted by atomic mass is 32.2. The zero-order valence-corrected chi connectivity index (χ0v) is 44.0. The molecule has 1 aliphatic rings. The fourth-order valence-electron chi connectivity index (χ4n) is 6.73. The van der Waals surface area contributed by atoms with Gasteiger partial charge >= 0.3 is 10.1 Å². The number of benzene rings is 2. The van der Waals surface area contributed by atoms with E-state index in [4.69, 9.17) is 28.6 Å². The molecular weight excluding hydrogens is 911 g/mol. The maximum absolute atomic E-state index is 13.0. The summed E-state index contributed by atoms with van der Waals surface area (Å²) in [5.74, 6) is 0.213. The van der Waals surface area contributed by atoms with Gasteiger partial charge in [0.15, 0.2) is 11.5 Å². The minimum Gasteiger partial charge on any atom is -0.458 e. The van der Waals surface area contributed by atoms with Crippen molar-refractivity contribution in [2.45, 2.75) is 175 Å². The van der Waals surface area contributed by atoms with Gasteiger partial charge in [-0.3, -0.25) is 9.59 Å². The van der Waals surface area contributed by atoms with Crippen molar-refractivity contribution in [3.05, 3.63) is 71.0 Å². The molecule has 7 N–H and O–H groups in total. The van der Waals surface area contributed by atoms with Gasteiger partial charge in [-0.15, -0.1) is 5.10 Å². The van der Waals surface area contributed by atoms with E-state index in [0.29, 0.717) is 49.8 Å². The Morgan fingerprint density at radius 2 is 1.51 bits per heavy atom. The van der Waals surface area contributed by atoms with E-state index in [1.807, 2.05) is 38.6 Å². The van der Waals surface area contributed by atoms with Crippen molar-refractivity contribution in [2.75, 3.05) is 33.5 Å². The van der Waals surface area contributed by atoms with Crippen LogP contribution in [-0.2, 0) is 31.6 Å². The van der Waals surface area contributed by atoms with Gasteiger partial charge in [-0.1, -0.05) is 45.0 Å². The highest BCUT2D eigenvalue weighted by Gasteiger charge is 2.33. The van der Waals surface area contributed by atoms with E-state index in [2.05, 4.69) is 62.5 Å². The second-order valence-corrected chi connectivity index (χ2v) is 22.5. The third-order valence-corrected chi connectivity index (χ3v) is 12.8. The molecule has 1 saturated heterocycles. The van der Waals surface area contributed by atoms with Crippen LogP contribution in [0.3, 0.4) is 0 Å². The number of carbonyl (C=O) groups excluding carboxylic acids is 2. The third-order valence-electron chi connectivity index (χ3n) is 11.3. The van der Waals surface area contributed by atoms with Crippen LogP contribution in [0.4, 0.5) is 0 Å². The first-order chi connectivity index (χ1) is 32.1. The lowest BCUT2D eigenvalue weighted by atomic mass is 9.98.